The summed E-state index contributed by atoms with van der Waals surface area (Å²) < 4.78 is 10.4. The average molecular weight is 430 g/mol. The maximum atomic E-state index is 13.2. The van der Waals surface area contributed by atoms with E-state index in [1.807, 2.05) is 47.4 Å². The second-order valence-electron chi connectivity index (χ2n) is 7.99. The first-order valence-corrected chi connectivity index (χ1v) is 10.9. The molecule has 0 saturated carbocycles. The highest BCUT2D eigenvalue weighted by atomic mass is 16.5. The van der Waals surface area contributed by atoms with Crippen molar-refractivity contribution in [2.75, 3.05) is 12.0 Å². The summed E-state index contributed by atoms with van der Waals surface area (Å²) in [7, 11) is 1.63. The predicted molar refractivity (Wildman–Crippen MR) is 124 cm³/mol. The molecule has 164 valence electrons. The maximum Gasteiger partial charge on any atom is 0.308 e. The van der Waals surface area contributed by atoms with E-state index in [0.717, 1.165) is 36.3 Å². The lowest BCUT2D eigenvalue weighted by molar-refractivity contribution is -0.132. The number of β-lactam (4-membered cyclic amide) rings is 1. The summed E-state index contributed by atoms with van der Waals surface area (Å²) in [5.74, 6) is 0.766. The lowest BCUT2D eigenvalue weighted by Crippen LogP contribution is -2.59. The van der Waals surface area contributed by atoms with Crippen molar-refractivity contribution >= 4 is 17.6 Å². The molecule has 0 unspecified atom stereocenters. The number of hydrogen-bond acceptors (Lipinski definition) is 4. The van der Waals surface area contributed by atoms with E-state index in [9.17, 15) is 9.59 Å². The van der Waals surface area contributed by atoms with E-state index in [-0.39, 0.29) is 23.8 Å². The SMILES string of the molecule is COc1ccc(N2C(=O)[C@H](c3ccc(OC(C)=O)cc3)[C@@H]2CCCc2ccccc2)cc1. The average Bonchev–Trinajstić information content (AvgIpc) is 2.80. The largest absolute Gasteiger partial charge is 0.497 e. The van der Waals surface area contributed by atoms with E-state index in [2.05, 4.69) is 24.3 Å². The molecule has 0 spiro atoms. The smallest absolute Gasteiger partial charge is 0.308 e. The number of ether oxygens (including phenoxy) is 2. The monoisotopic (exact) mass is 429 g/mol. The lowest BCUT2D eigenvalue weighted by Gasteiger charge is -2.47. The summed E-state index contributed by atoms with van der Waals surface area (Å²) in [6.07, 6.45) is 2.85. The molecule has 5 nitrogen and oxygen atoms in total. The van der Waals surface area contributed by atoms with Crippen molar-refractivity contribution in [1.82, 2.24) is 0 Å². The van der Waals surface area contributed by atoms with Crippen molar-refractivity contribution in [3.05, 3.63) is 90.0 Å². The fourth-order valence-corrected chi connectivity index (χ4v) is 4.34. The molecule has 0 aromatic heterocycles. The molecule has 1 fully saturated rings. The molecule has 0 radical (unpaired) electrons. The number of nitrogens with zero attached hydrogens (tertiary/aromatic N) is 1. The van der Waals surface area contributed by atoms with Crippen LogP contribution in [0.5, 0.6) is 11.5 Å². The van der Waals surface area contributed by atoms with Crippen LogP contribution >= 0.6 is 0 Å². The highest BCUT2D eigenvalue weighted by Crippen LogP contribution is 2.42. The van der Waals surface area contributed by atoms with Crippen LogP contribution in [0.2, 0.25) is 0 Å². The van der Waals surface area contributed by atoms with Gasteiger partial charge in [-0.15, -0.1) is 0 Å². The Kier molecular flexibility index (Phi) is 6.55. The van der Waals surface area contributed by atoms with Crippen LogP contribution in [0.1, 0.15) is 36.8 Å². The Morgan fingerprint density at radius 1 is 0.906 bits per heavy atom. The van der Waals surface area contributed by atoms with Crippen molar-refractivity contribution < 1.29 is 19.1 Å². The summed E-state index contributed by atoms with van der Waals surface area (Å²) >= 11 is 0. The standard InChI is InChI=1S/C27H27NO4/c1-19(29)32-24-15-11-21(12-16-24)26-25(10-6-9-20-7-4-3-5-8-20)28(27(26)30)22-13-17-23(31-2)18-14-22/h3-5,7-8,11-18,25-26H,6,9-10H2,1-2H3/t25-,26+/m0/s1. The third-order valence-electron chi connectivity index (χ3n) is 5.88. The number of methoxy groups -OCH3 is 1. The highest BCUT2D eigenvalue weighted by molar-refractivity contribution is 6.06. The molecule has 4 rings (SSSR count). The zero-order chi connectivity index (χ0) is 22.5. The molecule has 1 aliphatic heterocycles. The van der Waals surface area contributed by atoms with Gasteiger partial charge in [0.05, 0.1) is 19.1 Å². The Hall–Kier alpha value is -3.60. The minimum Gasteiger partial charge on any atom is -0.497 e. The number of hydrogen-bond donors (Lipinski definition) is 0. The molecule has 1 saturated heterocycles. The predicted octanol–water partition coefficient (Wildman–Crippen LogP) is 5.14. The molecular formula is C27H27NO4. The van der Waals surface area contributed by atoms with Gasteiger partial charge in [0.1, 0.15) is 11.5 Å². The van der Waals surface area contributed by atoms with Gasteiger partial charge in [0.2, 0.25) is 5.91 Å². The van der Waals surface area contributed by atoms with Gasteiger partial charge in [-0.1, -0.05) is 42.5 Å². The molecule has 1 heterocycles. The zero-order valence-electron chi connectivity index (χ0n) is 18.4. The molecule has 1 amide bonds. The number of anilines is 1. The van der Waals surface area contributed by atoms with Crippen LogP contribution in [0.15, 0.2) is 78.9 Å². The van der Waals surface area contributed by atoms with Crippen molar-refractivity contribution in [3.63, 3.8) is 0 Å². The van der Waals surface area contributed by atoms with Crippen LogP contribution in [0.25, 0.3) is 0 Å². The van der Waals surface area contributed by atoms with Crippen LogP contribution in [0.3, 0.4) is 0 Å². The van der Waals surface area contributed by atoms with Gasteiger partial charge in [-0.25, -0.2) is 0 Å². The summed E-state index contributed by atoms with van der Waals surface area (Å²) in [6, 6.07) is 25.4. The fourth-order valence-electron chi connectivity index (χ4n) is 4.34. The van der Waals surface area contributed by atoms with Crippen LogP contribution in [-0.2, 0) is 16.0 Å². The fraction of sp³-hybridized carbons (Fsp3) is 0.259. The number of esters is 1. The third kappa shape index (κ3) is 4.67. The van der Waals surface area contributed by atoms with Gasteiger partial charge in [-0.05, 0) is 66.8 Å². The number of carbonyl (C=O) groups excluding carboxylic acids is 2. The third-order valence-corrected chi connectivity index (χ3v) is 5.88. The van der Waals surface area contributed by atoms with E-state index in [0.29, 0.717) is 5.75 Å². The van der Waals surface area contributed by atoms with Crippen LogP contribution in [0, 0.1) is 0 Å². The minimum absolute atomic E-state index is 0.0687. The quantitative estimate of drug-likeness (QED) is 0.283. The Balaban J connectivity index is 1.53. The second-order valence-corrected chi connectivity index (χ2v) is 7.99. The molecule has 2 atom stereocenters. The normalized spacial score (nSPS) is 17.6. The van der Waals surface area contributed by atoms with Gasteiger partial charge >= 0.3 is 5.97 Å². The first-order chi connectivity index (χ1) is 15.6. The number of rotatable bonds is 8. The lowest BCUT2D eigenvalue weighted by atomic mass is 9.78. The van der Waals surface area contributed by atoms with Gasteiger partial charge in [0, 0.05) is 12.6 Å². The number of benzene rings is 3. The van der Waals surface area contributed by atoms with Crippen molar-refractivity contribution in [1.29, 1.82) is 0 Å². The summed E-state index contributed by atoms with van der Waals surface area (Å²) in [4.78, 5) is 26.3. The molecule has 3 aromatic rings. The van der Waals surface area contributed by atoms with Gasteiger partial charge < -0.3 is 14.4 Å². The van der Waals surface area contributed by atoms with E-state index in [1.165, 1.54) is 12.5 Å². The maximum absolute atomic E-state index is 13.2. The minimum atomic E-state index is -0.359. The van der Waals surface area contributed by atoms with Gasteiger partial charge in [-0.2, -0.15) is 0 Å². The Morgan fingerprint density at radius 3 is 2.19 bits per heavy atom. The van der Waals surface area contributed by atoms with Crippen LogP contribution in [-0.4, -0.2) is 25.0 Å². The molecular weight excluding hydrogens is 402 g/mol. The molecule has 1 aliphatic rings. The first kappa shape index (κ1) is 21.6. The van der Waals surface area contributed by atoms with Crippen LogP contribution in [0.4, 0.5) is 5.69 Å². The Bertz CT molecular complexity index is 1060. The summed E-state index contributed by atoms with van der Waals surface area (Å²) in [5, 5.41) is 0. The van der Waals surface area contributed by atoms with Gasteiger partial charge in [-0.3, -0.25) is 9.59 Å². The van der Waals surface area contributed by atoms with Gasteiger partial charge in [0.25, 0.3) is 0 Å². The van der Waals surface area contributed by atoms with Crippen molar-refractivity contribution in [2.45, 2.75) is 38.1 Å². The van der Waals surface area contributed by atoms with Crippen molar-refractivity contribution in [2.24, 2.45) is 0 Å². The zero-order valence-corrected chi connectivity index (χ0v) is 18.4. The molecule has 0 bridgehead atoms. The number of amides is 1. The van der Waals surface area contributed by atoms with E-state index in [4.69, 9.17) is 9.47 Å². The van der Waals surface area contributed by atoms with Gasteiger partial charge in [0.15, 0.2) is 0 Å². The molecule has 3 aromatic carbocycles. The molecule has 5 heteroatoms. The topological polar surface area (TPSA) is 55.8 Å². The van der Waals surface area contributed by atoms with E-state index in [1.54, 1.807) is 19.2 Å². The number of aryl methyl sites for hydroxylation is 1. The van der Waals surface area contributed by atoms with E-state index < -0.39 is 0 Å². The summed E-state index contributed by atoms with van der Waals surface area (Å²) in [6.45, 7) is 1.37. The Morgan fingerprint density at radius 2 is 1.56 bits per heavy atom. The number of carbonyl (C=O) groups is 2. The second kappa shape index (κ2) is 9.69. The molecule has 0 aliphatic carbocycles. The van der Waals surface area contributed by atoms with Crippen LogP contribution < -0.4 is 14.4 Å². The highest BCUT2D eigenvalue weighted by Gasteiger charge is 2.48. The first-order valence-electron chi connectivity index (χ1n) is 10.9. The summed E-state index contributed by atoms with van der Waals surface area (Å²) in [5.41, 5.74) is 3.13. The van der Waals surface area contributed by atoms with E-state index >= 15 is 0 Å². The molecule has 32 heavy (non-hydrogen) atoms. The van der Waals surface area contributed by atoms with Crippen molar-refractivity contribution in [3.8, 4) is 11.5 Å². The Labute approximate surface area is 188 Å². The molecule has 0 N–H and O–H groups in total.